The molecule has 0 heterocycles. The van der Waals surface area contributed by atoms with Gasteiger partial charge in [0.15, 0.2) is 0 Å². The molecule has 88 valence electrons. The molecule has 1 rings (SSSR count). The molecule has 16 heavy (non-hydrogen) atoms. The second-order valence-electron chi connectivity index (χ2n) is 4.21. The molecule has 0 saturated heterocycles. The molecule has 0 spiro atoms. The Hall–Kier alpha value is -1.42. The number of nitrogens with two attached hydrogens (primary N) is 1. The van der Waals surface area contributed by atoms with Gasteiger partial charge in [-0.15, -0.1) is 0 Å². The third-order valence-corrected chi connectivity index (χ3v) is 3.07. The molecule has 2 N–H and O–H groups in total. The molecule has 1 aromatic rings. The number of rotatable bonds is 4. The minimum Gasteiger partial charge on any atom is -0.324 e. The van der Waals surface area contributed by atoms with Crippen LogP contribution in [0.1, 0.15) is 37.4 Å². The molecule has 1 unspecified atom stereocenters. The van der Waals surface area contributed by atoms with E-state index in [1.54, 1.807) is 19.1 Å². The smallest absolute Gasteiger partial charge is 0.272 e. The van der Waals surface area contributed by atoms with Gasteiger partial charge in [0, 0.05) is 17.7 Å². The lowest BCUT2D eigenvalue weighted by Crippen LogP contribution is -2.18. The largest absolute Gasteiger partial charge is 0.324 e. The van der Waals surface area contributed by atoms with Crippen molar-refractivity contribution < 1.29 is 4.92 Å². The van der Waals surface area contributed by atoms with Crippen molar-refractivity contribution in [1.29, 1.82) is 0 Å². The number of aryl methyl sites for hydroxylation is 1. The Labute approximate surface area is 95.6 Å². The molecular weight excluding hydrogens is 204 g/mol. The van der Waals surface area contributed by atoms with Crippen molar-refractivity contribution in [2.24, 2.45) is 11.7 Å². The maximum Gasteiger partial charge on any atom is 0.272 e. The van der Waals surface area contributed by atoms with Crippen molar-refractivity contribution in [2.75, 3.05) is 0 Å². The summed E-state index contributed by atoms with van der Waals surface area (Å²) in [6.07, 6.45) is 0.961. The molecule has 0 aliphatic rings. The zero-order valence-electron chi connectivity index (χ0n) is 9.93. The topological polar surface area (TPSA) is 69.2 Å². The van der Waals surface area contributed by atoms with Crippen LogP contribution in [0.2, 0.25) is 0 Å². The van der Waals surface area contributed by atoms with Gasteiger partial charge in [-0.05, 0) is 18.4 Å². The number of hydrogen-bond donors (Lipinski definition) is 1. The number of nitro benzene ring substituents is 1. The molecule has 0 aromatic heterocycles. The summed E-state index contributed by atoms with van der Waals surface area (Å²) in [6, 6.07) is 5.09. The highest BCUT2D eigenvalue weighted by atomic mass is 16.6. The van der Waals surface area contributed by atoms with Crippen LogP contribution in [0.4, 0.5) is 5.69 Å². The first-order valence-corrected chi connectivity index (χ1v) is 5.47. The van der Waals surface area contributed by atoms with E-state index in [9.17, 15) is 10.1 Å². The highest BCUT2D eigenvalue weighted by molar-refractivity contribution is 5.43. The second kappa shape index (κ2) is 5.07. The van der Waals surface area contributed by atoms with Gasteiger partial charge in [-0.2, -0.15) is 0 Å². The van der Waals surface area contributed by atoms with Gasteiger partial charge in [-0.25, -0.2) is 0 Å². The molecule has 0 aliphatic heterocycles. The Bertz CT molecular complexity index is 391. The average molecular weight is 222 g/mol. The number of benzene rings is 1. The van der Waals surface area contributed by atoms with Crippen LogP contribution in [0.3, 0.4) is 0 Å². The van der Waals surface area contributed by atoms with E-state index in [2.05, 4.69) is 13.8 Å². The van der Waals surface area contributed by atoms with E-state index in [1.807, 2.05) is 6.07 Å². The van der Waals surface area contributed by atoms with E-state index in [4.69, 9.17) is 5.73 Å². The normalized spacial score (nSPS) is 14.5. The van der Waals surface area contributed by atoms with Gasteiger partial charge in [0.25, 0.3) is 5.69 Å². The Morgan fingerprint density at radius 1 is 1.50 bits per heavy atom. The monoisotopic (exact) mass is 222 g/mol. The van der Waals surface area contributed by atoms with Crippen LogP contribution in [0.5, 0.6) is 0 Å². The Balaban J connectivity index is 3.07. The van der Waals surface area contributed by atoms with Gasteiger partial charge >= 0.3 is 0 Å². The first-order chi connectivity index (χ1) is 7.47. The van der Waals surface area contributed by atoms with Gasteiger partial charge in [-0.3, -0.25) is 10.1 Å². The second-order valence-corrected chi connectivity index (χ2v) is 4.21. The zero-order valence-corrected chi connectivity index (χ0v) is 9.93. The van der Waals surface area contributed by atoms with Crippen LogP contribution < -0.4 is 5.73 Å². The van der Waals surface area contributed by atoms with E-state index < -0.39 is 0 Å². The predicted molar refractivity (Wildman–Crippen MR) is 64.2 cm³/mol. The van der Waals surface area contributed by atoms with Crippen LogP contribution in [0.25, 0.3) is 0 Å². The van der Waals surface area contributed by atoms with E-state index in [-0.39, 0.29) is 16.7 Å². The lowest BCUT2D eigenvalue weighted by atomic mass is 9.92. The fourth-order valence-corrected chi connectivity index (χ4v) is 1.61. The third-order valence-electron chi connectivity index (χ3n) is 3.07. The number of nitrogens with zero attached hydrogens (tertiary/aromatic N) is 1. The molecule has 0 fully saturated rings. The molecule has 0 bridgehead atoms. The van der Waals surface area contributed by atoms with Crippen molar-refractivity contribution in [3.05, 3.63) is 39.4 Å². The fourth-order valence-electron chi connectivity index (χ4n) is 1.61. The van der Waals surface area contributed by atoms with Crippen molar-refractivity contribution in [3.8, 4) is 0 Å². The summed E-state index contributed by atoms with van der Waals surface area (Å²) in [5, 5.41) is 10.8. The van der Waals surface area contributed by atoms with Crippen LogP contribution in [-0.2, 0) is 0 Å². The highest BCUT2D eigenvalue weighted by Gasteiger charge is 2.17. The summed E-state index contributed by atoms with van der Waals surface area (Å²) in [5.41, 5.74) is 7.71. The number of hydrogen-bond acceptors (Lipinski definition) is 3. The summed E-state index contributed by atoms with van der Waals surface area (Å²) in [7, 11) is 0. The van der Waals surface area contributed by atoms with Crippen molar-refractivity contribution >= 4 is 5.69 Å². The molecule has 4 heteroatoms. The molecule has 4 nitrogen and oxygen atoms in total. The van der Waals surface area contributed by atoms with Gasteiger partial charge in [0.2, 0.25) is 0 Å². The summed E-state index contributed by atoms with van der Waals surface area (Å²) in [4.78, 5) is 10.4. The molecule has 0 saturated carbocycles. The van der Waals surface area contributed by atoms with Crippen molar-refractivity contribution in [1.82, 2.24) is 0 Å². The van der Waals surface area contributed by atoms with Crippen LogP contribution in [0.15, 0.2) is 18.2 Å². The van der Waals surface area contributed by atoms with Gasteiger partial charge in [0.1, 0.15) is 0 Å². The van der Waals surface area contributed by atoms with Gasteiger partial charge in [0.05, 0.1) is 4.92 Å². The first-order valence-electron chi connectivity index (χ1n) is 5.47. The quantitative estimate of drug-likeness (QED) is 0.629. The molecule has 0 aliphatic carbocycles. The molecule has 1 aromatic carbocycles. The summed E-state index contributed by atoms with van der Waals surface area (Å²) >= 11 is 0. The summed E-state index contributed by atoms with van der Waals surface area (Å²) < 4.78 is 0. The maximum absolute atomic E-state index is 10.8. The van der Waals surface area contributed by atoms with E-state index in [0.29, 0.717) is 11.5 Å². The SMILES string of the molecule is CCC(C)[C@H](N)c1ccc(C)c([N+](=O)[O-])c1. The summed E-state index contributed by atoms with van der Waals surface area (Å²) in [5.74, 6) is 0.322. The van der Waals surface area contributed by atoms with E-state index >= 15 is 0 Å². The standard InChI is InChI=1S/C12H18N2O2/c1-4-8(2)12(13)10-6-5-9(3)11(7-10)14(15)16/h5-8,12H,4,13H2,1-3H3/t8?,12-/m0/s1. The molecule has 0 amide bonds. The van der Waals surface area contributed by atoms with E-state index in [1.165, 1.54) is 0 Å². The summed E-state index contributed by atoms with van der Waals surface area (Å²) in [6.45, 7) is 5.85. The average Bonchev–Trinajstić information content (AvgIpc) is 2.27. The molecular formula is C12H18N2O2. The van der Waals surface area contributed by atoms with Gasteiger partial charge < -0.3 is 5.73 Å². The van der Waals surface area contributed by atoms with Gasteiger partial charge in [-0.1, -0.05) is 32.4 Å². The minimum atomic E-state index is -0.359. The maximum atomic E-state index is 10.8. The van der Waals surface area contributed by atoms with Crippen LogP contribution >= 0.6 is 0 Å². The van der Waals surface area contributed by atoms with E-state index in [0.717, 1.165) is 12.0 Å². The minimum absolute atomic E-state index is 0.135. The molecule has 2 atom stereocenters. The Morgan fingerprint density at radius 2 is 2.12 bits per heavy atom. The Kier molecular flexibility index (Phi) is 4.01. The third kappa shape index (κ3) is 2.58. The molecule has 0 radical (unpaired) electrons. The lowest BCUT2D eigenvalue weighted by molar-refractivity contribution is -0.385. The predicted octanol–water partition coefficient (Wildman–Crippen LogP) is 2.95. The highest BCUT2D eigenvalue weighted by Crippen LogP contribution is 2.27. The zero-order chi connectivity index (χ0) is 12.3. The Morgan fingerprint density at radius 3 is 2.62 bits per heavy atom. The van der Waals surface area contributed by atoms with Crippen molar-refractivity contribution in [2.45, 2.75) is 33.2 Å². The first kappa shape index (κ1) is 12.6. The lowest BCUT2D eigenvalue weighted by Gasteiger charge is -2.18. The fraction of sp³-hybridized carbons (Fsp3) is 0.500. The van der Waals surface area contributed by atoms with Crippen molar-refractivity contribution in [3.63, 3.8) is 0 Å². The van der Waals surface area contributed by atoms with Crippen LogP contribution in [-0.4, -0.2) is 4.92 Å². The van der Waals surface area contributed by atoms with Crippen LogP contribution in [0, 0.1) is 23.0 Å². The number of nitro groups is 1.